The van der Waals surface area contributed by atoms with E-state index in [2.05, 4.69) is 15.9 Å². The molecule has 0 amide bonds. The molecular formula is C12H12BrF3O. The summed E-state index contributed by atoms with van der Waals surface area (Å²) in [5.41, 5.74) is -0.365. The van der Waals surface area contributed by atoms with Crippen LogP contribution < -0.4 is 0 Å². The molecule has 0 aliphatic carbocycles. The molecule has 0 spiro atoms. The smallest absolute Gasteiger partial charge is 0.298 e. The third-order valence-electron chi connectivity index (χ3n) is 2.44. The van der Waals surface area contributed by atoms with E-state index in [0.29, 0.717) is 6.42 Å². The highest BCUT2D eigenvalue weighted by Crippen LogP contribution is 2.35. The quantitative estimate of drug-likeness (QED) is 0.774. The lowest BCUT2D eigenvalue weighted by Gasteiger charge is -2.16. The van der Waals surface area contributed by atoms with E-state index in [9.17, 15) is 18.0 Å². The van der Waals surface area contributed by atoms with Gasteiger partial charge in [-0.1, -0.05) is 41.1 Å². The fourth-order valence-electron chi connectivity index (χ4n) is 1.72. The van der Waals surface area contributed by atoms with E-state index in [4.69, 9.17) is 0 Å². The van der Waals surface area contributed by atoms with Gasteiger partial charge in [-0.2, -0.15) is 13.2 Å². The topological polar surface area (TPSA) is 17.1 Å². The van der Waals surface area contributed by atoms with Crippen molar-refractivity contribution in [2.24, 2.45) is 0 Å². The van der Waals surface area contributed by atoms with Crippen molar-refractivity contribution in [2.45, 2.75) is 25.9 Å². The lowest BCUT2D eigenvalue weighted by molar-refractivity contribution is -0.138. The largest absolute Gasteiger partial charge is 0.416 e. The summed E-state index contributed by atoms with van der Waals surface area (Å²) in [6.45, 7) is 1.67. The molecule has 1 rings (SSSR count). The van der Waals surface area contributed by atoms with Crippen molar-refractivity contribution in [2.75, 3.05) is 5.33 Å². The third kappa shape index (κ3) is 3.56. The van der Waals surface area contributed by atoms with Crippen LogP contribution in [0.5, 0.6) is 0 Å². The molecule has 0 N–H and O–H groups in total. The molecule has 0 aliphatic heterocycles. The van der Waals surface area contributed by atoms with E-state index < -0.39 is 11.7 Å². The van der Waals surface area contributed by atoms with Gasteiger partial charge >= 0.3 is 6.18 Å². The molecule has 0 saturated carbocycles. The van der Waals surface area contributed by atoms with E-state index in [-0.39, 0.29) is 28.7 Å². The number of ketones is 1. The highest BCUT2D eigenvalue weighted by molar-refractivity contribution is 9.09. The molecular weight excluding hydrogens is 297 g/mol. The van der Waals surface area contributed by atoms with E-state index >= 15 is 0 Å². The average molecular weight is 309 g/mol. The van der Waals surface area contributed by atoms with E-state index in [1.807, 2.05) is 0 Å². The lowest BCUT2D eigenvalue weighted by atomic mass is 9.96. The molecule has 1 aromatic rings. The standard InChI is InChI=1S/C12H12BrF3O/c1-2-8-4-3-5-9(6-10(17)7-13)11(8)12(14,15)16/h3-5H,2,6-7H2,1H3. The highest BCUT2D eigenvalue weighted by atomic mass is 79.9. The number of carbonyl (C=O) groups is 1. The van der Waals surface area contributed by atoms with E-state index in [0.717, 1.165) is 0 Å². The Morgan fingerprint density at radius 1 is 1.29 bits per heavy atom. The molecule has 0 fully saturated rings. The van der Waals surface area contributed by atoms with Crippen LogP contribution in [0.3, 0.4) is 0 Å². The van der Waals surface area contributed by atoms with Crippen molar-refractivity contribution < 1.29 is 18.0 Å². The van der Waals surface area contributed by atoms with Crippen LogP contribution in [0.1, 0.15) is 23.6 Å². The average Bonchev–Trinajstić information content (AvgIpc) is 2.26. The van der Waals surface area contributed by atoms with Gasteiger partial charge in [-0.05, 0) is 17.5 Å². The summed E-state index contributed by atoms with van der Waals surface area (Å²) in [6, 6.07) is 4.37. The first-order valence-electron chi connectivity index (χ1n) is 5.15. The van der Waals surface area contributed by atoms with Crippen LogP contribution >= 0.6 is 15.9 Å². The maximum absolute atomic E-state index is 12.9. The number of carbonyl (C=O) groups excluding carboxylic acids is 1. The van der Waals surface area contributed by atoms with Gasteiger partial charge in [0.25, 0.3) is 0 Å². The Labute approximate surface area is 106 Å². The summed E-state index contributed by atoms with van der Waals surface area (Å²) in [5, 5.41) is 0.0701. The van der Waals surface area contributed by atoms with Gasteiger partial charge in [0, 0.05) is 6.42 Å². The second-order valence-electron chi connectivity index (χ2n) is 3.65. The summed E-state index contributed by atoms with van der Waals surface area (Å²) in [4.78, 5) is 11.2. The number of alkyl halides is 4. The van der Waals surface area contributed by atoms with Crippen LogP contribution in [0.2, 0.25) is 0 Å². The van der Waals surface area contributed by atoms with Gasteiger partial charge in [-0.3, -0.25) is 4.79 Å². The Balaban J connectivity index is 3.25. The minimum Gasteiger partial charge on any atom is -0.298 e. The molecule has 0 aromatic heterocycles. The number of aryl methyl sites for hydroxylation is 1. The zero-order valence-corrected chi connectivity index (χ0v) is 10.9. The number of Topliss-reactive ketones (excluding diaryl/α,β-unsaturated/α-hetero) is 1. The molecule has 0 unspecified atom stereocenters. The first-order chi connectivity index (χ1) is 7.90. The van der Waals surface area contributed by atoms with Gasteiger partial charge in [0.05, 0.1) is 10.9 Å². The van der Waals surface area contributed by atoms with Crippen LogP contribution in [-0.4, -0.2) is 11.1 Å². The normalized spacial score (nSPS) is 11.6. The Hall–Kier alpha value is -0.840. The van der Waals surface area contributed by atoms with Gasteiger partial charge in [0.2, 0.25) is 0 Å². The van der Waals surface area contributed by atoms with Crippen LogP contribution in [0, 0.1) is 0 Å². The van der Waals surface area contributed by atoms with Crippen molar-refractivity contribution >= 4 is 21.7 Å². The fraction of sp³-hybridized carbons (Fsp3) is 0.417. The molecule has 0 atom stereocenters. The van der Waals surface area contributed by atoms with Gasteiger partial charge < -0.3 is 0 Å². The van der Waals surface area contributed by atoms with Crippen LogP contribution in [-0.2, 0) is 23.8 Å². The summed E-state index contributed by atoms with van der Waals surface area (Å²) in [6.07, 6.45) is -4.30. The maximum Gasteiger partial charge on any atom is 0.416 e. The second kappa shape index (κ2) is 5.67. The fourth-order valence-corrected chi connectivity index (χ4v) is 1.92. The Bertz CT molecular complexity index is 413. The highest BCUT2D eigenvalue weighted by Gasteiger charge is 2.35. The minimum absolute atomic E-state index is 0.0568. The van der Waals surface area contributed by atoms with Crippen molar-refractivity contribution in [1.82, 2.24) is 0 Å². The number of benzene rings is 1. The van der Waals surface area contributed by atoms with Crippen LogP contribution in [0.4, 0.5) is 13.2 Å². The molecule has 0 bridgehead atoms. The van der Waals surface area contributed by atoms with Gasteiger partial charge in [0.15, 0.2) is 0 Å². The molecule has 0 heterocycles. The zero-order valence-electron chi connectivity index (χ0n) is 9.27. The molecule has 0 radical (unpaired) electrons. The Kier molecular flexibility index (Phi) is 4.74. The van der Waals surface area contributed by atoms with E-state index in [1.54, 1.807) is 13.0 Å². The Morgan fingerprint density at radius 3 is 2.35 bits per heavy atom. The molecule has 1 nitrogen and oxygen atoms in total. The summed E-state index contributed by atoms with van der Waals surface area (Å²) in [7, 11) is 0. The summed E-state index contributed by atoms with van der Waals surface area (Å²) < 4.78 is 38.8. The van der Waals surface area contributed by atoms with Crippen molar-refractivity contribution in [3.8, 4) is 0 Å². The third-order valence-corrected chi connectivity index (χ3v) is 3.06. The molecule has 5 heteroatoms. The number of rotatable bonds is 4. The van der Waals surface area contributed by atoms with Gasteiger partial charge in [0.1, 0.15) is 5.78 Å². The molecule has 1 aromatic carbocycles. The lowest BCUT2D eigenvalue weighted by Crippen LogP contribution is -2.15. The first kappa shape index (κ1) is 14.2. The predicted molar refractivity (Wildman–Crippen MR) is 63.3 cm³/mol. The van der Waals surface area contributed by atoms with Crippen molar-refractivity contribution in [3.63, 3.8) is 0 Å². The minimum atomic E-state index is -4.41. The zero-order chi connectivity index (χ0) is 13.1. The van der Waals surface area contributed by atoms with Crippen LogP contribution in [0.15, 0.2) is 18.2 Å². The van der Waals surface area contributed by atoms with Gasteiger partial charge in [-0.15, -0.1) is 0 Å². The monoisotopic (exact) mass is 308 g/mol. The van der Waals surface area contributed by atoms with Crippen molar-refractivity contribution in [3.05, 3.63) is 34.9 Å². The van der Waals surface area contributed by atoms with Gasteiger partial charge in [-0.25, -0.2) is 0 Å². The molecule has 94 valence electrons. The predicted octanol–water partition coefficient (Wildman–Crippen LogP) is 3.77. The number of halogens is 4. The van der Waals surface area contributed by atoms with Crippen molar-refractivity contribution in [1.29, 1.82) is 0 Å². The summed E-state index contributed by atoms with van der Waals surface area (Å²) >= 11 is 2.95. The number of hydrogen-bond donors (Lipinski definition) is 0. The molecule has 17 heavy (non-hydrogen) atoms. The Morgan fingerprint density at radius 2 is 1.88 bits per heavy atom. The molecule has 0 saturated heterocycles. The molecule has 0 aliphatic rings. The summed E-state index contributed by atoms with van der Waals surface area (Å²) in [5.74, 6) is -0.260. The maximum atomic E-state index is 12.9. The number of hydrogen-bond acceptors (Lipinski definition) is 1. The first-order valence-corrected chi connectivity index (χ1v) is 6.28. The SMILES string of the molecule is CCc1cccc(CC(=O)CBr)c1C(F)(F)F. The van der Waals surface area contributed by atoms with Crippen LogP contribution in [0.25, 0.3) is 0 Å². The second-order valence-corrected chi connectivity index (χ2v) is 4.21. The van der Waals surface area contributed by atoms with E-state index in [1.165, 1.54) is 12.1 Å².